The van der Waals surface area contributed by atoms with E-state index in [1.165, 1.54) is 12.5 Å². The first kappa shape index (κ1) is 16.6. The van der Waals surface area contributed by atoms with Gasteiger partial charge in [-0.2, -0.15) is 0 Å². The second-order valence-corrected chi connectivity index (χ2v) is 5.91. The quantitative estimate of drug-likeness (QED) is 0.573. The molecule has 0 bridgehead atoms. The number of hydrogen-bond donors (Lipinski definition) is 2. The highest BCUT2D eigenvalue weighted by Crippen LogP contribution is 2.20. The summed E-state index contributed by atoms with van der Waals surface area (Å²) in [7, 11) is 0. The zero-order valence-corrected chi connectivity index (χ0v) is 14.5. The van der Waals surface area contributed by atoms with Crippen molar-refractivity contribution in [2.45, 2.75) is 13.5 Å². The van der Waals surface area contributed by atoms with Crippen LogP contribution in [0.2, 0.25) is 0 Å². The smallest absolute Gasteiger partial charge is 0.274 e. The zero-order valence-electron chi connectivity index (χ0n) is 14.5. The number of oxazole rings is 1. The van der Waals surface area contributed by atoms with Gasteiger partial charge in [0.25, 0.3) is 5.91 Å². The molecule has 0 aliphatic heterocycles. The highest BCUT2D eigenvalue weighted by Gasteiger charge is 2.18. The minimum Gasteiger partial charge on any atom is -0.443 e. The molecule has 4 rings (SSSR count). The van der Waals surface area contributed by atoms with E-state index < -0.39 is 5.91 Å². The molecule has 4 aromatic rings. The summed E-state index contributed by atoms with van der Waals surface area (Å²) >= 11 is 0. The summed E-state index contributed by atoms with van der Waals surface area (Å²) < 4.78 is 5.22. The summed E-state index contributed by atoms with van der Waals surface area (Å²) in [6, 6.07) is 11.6. The Morgan fingerprint density at radius 2 is 2.00 bits per heavy atom. The van der Waals surface area contributed by atoms with Gasteiger partial charge in [0.05, 0.1) is 29.6 Å². The van der Waals surface area contributed by atoms with E-state index >= 15 is 0 Å². The number of fused-ring (bicyclic) bond motifs is 1. The van der Waals surface area contributed by atoms with Crippen molar-refractivity contribution in [1.82, 2.24) is 25.3 Å². The van der Waals surface area contributed by atoms with E-state index in [4.69, 9.17) is 10.2 Å². The largest absolute Gasteiger partial charge is 0.443 e. The van der Waals surface area contributed by atoms with Crippen LogP contribution >= 0.6 is 0 Å². The Morgan fingerprint density at radius 1 is 1.15 bits per heavy atom. The molecule has 8 nitrogen and oxygen atoms in total. The lowest BCUT2D eigenvalue weighted by atomic mass is 10.2. The second kappa shape index (κ2) is 6.83. The second-order valence-electron chi connectivity index (χ2n) is 5.91. The highest BCUT2D eigenvalue weighted by molar-refractivity contribution is 5.96. The molecule has 3 aromatic heterocycles. The molecule has 0 saturated carbocycles. The van der Waals surface area contributed by atoms with Gasteiger partial charge < -0.3 is 15.5 Å². The van der Waals surface area contributed by atoms with Gasteiger partial charge in [0.1, 0.15) is 12.0 Å². The number of pyridine rings is 1. The van der Waals surface area contributed by atoms with Gasteiger partial charge in [-0.1, -0.05) is 24.3 Å². The number of rotatable bonds is 4. The van der Waals surface area contributed by atoms with Crippen LogP contribution in [0.1, 0.15) is 21.9 Å². The number of aromatic nitrogens is 4. The zero-order chi connectivity index (χ0) is 18.8. The first-order chi connectivity index (χ1) is 13.1. The fourth-order valence-corrected chi connectivity index (χ4v) is 2.70. The predicted molar refractivity (Wildman–Crippen MR) is 99.6 cm³/mol. The van der Waals surface area contributed by atoms with Crippen molar-refractivity contribution in [3.05, 3.63) is 65.9 Å². The van der Waals surface area contributed by atoms with E-state index in [2.05, 4.69) is 25.3 Å². The Kier molecular flexibility index (Phi) is 4.21. The minimum absolute atomic E-state index is 0.0118. The maximum absolute atomic E-state index is 12.5. The topological polar surface area (TPSA) is 120 Å². The molecular formula is C19H16N6O2. The number of nitrogens with zero attached hydrogens (tertiary/aromatic N) is 4. The first-order valence-electron chi connectivity index (χ1n) is 8.28. The number of amides is 1. The van der Waals surface area contributed by atoms with Gasteiger partial charge in [0.2, 0.25) is 5.89 Å². The molecule has 0 aliphatic carbocycles. The van der Waals surface area contributed by atoms with E-state index in [0.717, 1.165) is 16.6 Å². The normalized spacial score (nSPS) is 10.9. The van der Waals surface area contributed by atoms with E-state index in [1.807, 2.05) is 36.4 Å². The molecule has 3 heterocycles. The van der Waals surface area contributed by atoms with Gasteiger partial charge in [-0.15, -0.1) is 0 Å². The van der Waals surface area contributed by atoms with Crippen LogP contribution in [-0.2, 0) is 6.54 Å². The van der Waals surface area contributed by atoms with Crippen molar-refractivity contribution in [2.24, 2.45) is 0 Å². The number of nitrogens with two attached hydrogens (primary N) is 1. The number of benzene rings is 1. The SMILES string of the molecule is Cc1nc(C(=O)NCc2ccc3ccccc3n2)c(N)nc1-c1ncco1. The molecular weight excluding hydrogens is 344 g/mol. The third-order valence-electron chi connectivity index (χ3n) is 4.03. The van der Waals surface area contributed by atoms with Crippen molar-refractivity contribution in [3.8, 4) is 11.6 Å². The summed E-state index contributed by atoms with van der Waals surface area (Å²) in [4.78, 5) is 29.5. The van der Waals surface area contributed by atoms with Crippen molar-refractivity contribution >= 4 is 22.6 Å². The predicted octanol–water partition coefficient (Wildman–Crippen LogP) is 2.50. The van der Waals surface area contributed by atoms with Crippen LogP contribution in [0.3, 0.4) is 0 Å². The first-order valence-corrected chi connectivity index (χ1v) is 8.28. The fraction of sp³-hybridized carbons (Fsp3) is 0.105. The number of carbonyl (C=O) groups excluding carboxylic acids is 1. The lowest BCUT2D eigenvalue weighted by molar-refractivity contribution is 0.0946. The number of anilines is 1. The maximum atomic E-state index is 12.5. The summed E-state index contributed by atoms with van der Waals surface area (Å²) in [6.07, 6.45) is 2.94. The van der Waals surface area contributed by atoms with Crippen LogP contribution in [-0.4, -0.2) is 25.8 Å². The van der Waals surface area contributed by atoms with Crippen molar-refractivity contribution in [2.75, 3.05) is 5.73 Å². The third kappa shape index (κ3) is 3.32. The number of aryl methyl sites for hydroxylation is 1. The van der Waals surface area contributed by atoms with Gasteiger partial charge in [-0.25, -0.2) is 15.0 Å². The van der Waals surface area contributed by atoms with Crippen molar-refractivity contribution in [1.29, 1.82) is 0 Å². The number of carbonyl (C=O) groups is 1. The molecule has 134 valence electrons. The van der Waals surface area contributed by atoms with Gasteiger partial charge in [0.15, 0.2) is 11.5 Å². The van der Waals surface area contributed by atoms with Crippen LogP contribution in [0.15, 0.2) is 53.3 Å². The Labute approximate surface area is 154 Å². The van der Waals surface area contributed by atoms with Crippen LogP contribution in [0.4, 0.5) is 5.82 Å². The average Bonchev–Trinajstić information content (AvgIpc) is 3.22. The van der Waals surface area contributed by atoms with E-state index in [1.54, 1.807) is 6.92 Å². The van der Waals surface area contributed by atoms with Gasteiger partial charge >= 0.3 is 0 Å². The lowest BCUT2D eigenvalue weighted by Crippen LogP contribution is -2.26. The molecule has 0 unspecified atom stereocenters. The van der Waals surface area contributed by atoms with E-state index in [9.17, 15) is 4.79 Å². The van der Waals surface area contributed by atoms with Gasteiger partial charge in [-0.3, -0.25) is 9.78 Å². The molecule has 0 saturated heterocycles. The Balaban J connectivity index is 1.53. The van der Waals surface area contributed by atoms with Crippen molar-refractivity contribution < 1.29 is 9.21 Å². The standard InChI is InChI=1S/C19H16N6O2/c1-11-15(19-21-8-9-27-19)25-17(20)16(23-11)18(26)22-10-13-7-6-12-4-2-3-5-14(12)24-13/h2-9H,10H2,1H3,(H2,20,25)(H,22,26). The Hall–Kier alpha value is -3.81. The Bertz CT molecular complexity index is 1120. The fourth-order valence-electron chi connectivity index (χ4n) is 2.70. The highest BCUT2D eigenvalue weighted by atomic mass is 16.3. The van der Waals surface area contributed by atoms with Crippen molar-refractivity contribution in [3.63, 3.8) is 0 Å². The van der Waals surface area contributed by atoms with E-state index in [-0.39, 0.29) is 18.1 Å². The molecule has 0 aliphatic rings. The molecule has 27 heavy (non-hydrogen) atoms. The van der Waals surface area contributed by atoms with Gasteiger partial charge in [-0.05, 0) is 19.1 Å². The number of para-hydroxylation sites is 1. The third-order valence-corrected chi connectivity index (χ3v) is 4.03. The average molecular weight is 360 g/mol. The number of hydrogen-bond acceptors (Lipinski definition) is 7. The molecule has 1 amide bonds. The summed E-state index contributed by atoms with van der Waals surface area (Å²) in [5, 5.41) is 3.82. The molecule has 0 radical (unpaired) electrons. The number of nitrogen functional groups attached to an aromatic ring is 1. The molecule has 0 spiro atoms. The molecule has 8 heteroatoms. The summed E-state index contributed by atoms with van der Waals surface area (Å²) in [5.74, 6) is -0.103. The van der Waals surface area contributed by atoms with Crippen LogP contribution < -0.4 is 11.1 Å². The minimum atomic E-state index is -0.419. The summed E-state index contributed by atoms with van der Waals surface area (Å²) in [5.41, 5.74) is 8.50. The van der Waals surface area contributed by atoms with Crippen LogP contribution in [0.25, 0.3) is 22.5 Å². The summed E-state index contributed by atoms with van der Waals surface area (Å²) in [6.45, 7) is 1.97. The van der Waals surface area contributed by atoms with Gasteiger partial charge in [0, 0.05) is 5.39 Å². The molecule has 0 atom stereocenters. The molecule has 1 aromatic carbocycles. The van der Waals surface area contributed by atoms with Crippen LogP contribution in [0, 0.1) is 6.92 Å². The molecule has 3 N–H and O–H groups in total. The lowest BCUT2D eigenvalue weighted by Gasteiger charge is -2.09. The van der Waals surface area contributed by atoms with Crippen LogP contribution in [0.5, 0.6) is 0 Å². The van der Waals surface area contributed by atoms with E-state index in [0.29, 0.717) is 17.3 Å². The maximum Gasteiger partial charge on any atom is 0.274 e. The number of nitrogens with one attached hydrogen (secondary N) is 1. The monoisotopic (exact) mass is 360 g/mol. The Morgan fingerprint density at radius 3 is 2.81 bits per heavy atom. The molecule has 0 fully saturated rings.